The van der Waals surface area contributed by atoms with E-state index in [2.05, 4.69) is 10.4 Å². The van der Waals surface area contributed by atoms with E-state index in [9.17, 15) is 4.79 Å². The van der Waals surface area contributed by atoms with Crippen LogP contribution in [0.5, 0.6) is 11.5 Å². The minimum atomic E-state index is -0.106. The summed E-state index contributed by atoms with van der Waals surface area (Å²) in [5, 5.41) is 7.31. The molecule has 0 unspecified atom stereocenters. The van der Waals surface area contributed by atoms with E-state index >= 15 is 0 Å². The number of rotatable bonds is 5. The molecule has 1 N–H and O–H groups in total. The second kappa shape index (κ2) is 6.92. The van der Waals surface area contributed by atoms with Crippen LogP contribution in [-0.4, -0.2) is 22.8 Å². The molecule has 1 amide bonds. The predicted octanol–water partition coefficient (Wildman–Crippen LogP) is 2.77. The van der Waals surface area contributed by atoms with Gasteiger partial charge in [0.25, 0.3) is 0 Å². The van der Waals surface area contributed by atoms with Gasteiger partial charge < -0.3 is 14.8 Å². The number of fused-ring (bicyclic) bond motifs is 3. The molecule has 0 saturated heterocycles. The Balaban J connectivity index is 1.49. The van der Waals surface area contributed by atoms with Gasteiger partial charge in [0.2, 0.25) is 5.91 Å². The van der Waals surface area contributed by atoms with Gasteiger partial charge in [0.15, 0.2) is 0 Å². The first-order chi connectivity index (χ1) is 12.8. The molecule has 1 aliphatic heterocycles. The number of ether oxygens (including phenoxy) is 2. The molecule has 26 heavy (non-hydrogen) atoms. The van der Waals surface area contributed by atoms with Gasteiger partial charge in [0.05, 0.1) is 19.0 Å². The number of nitrogens with zero attached hydrogens (tertiary/aromatic N) is 2. The lowest BCUT2D eigenvalue weighted by atomic mass is 10.0. The number of hydrogen-bond donors (Lipinski definition) is 1. The van der Waals surface area contributed by atoms with Crippen molar-refractivity contribution in [3.63, 3.8) is 0 Å². The molecule has 2 aromatic carbocycles. The fourth-order valence-electron chi connectivity index (χ4n) is 3.14. The molecule has 1 aromatic heterocycles. The molecule has 6 nitrogen and oxygen atoms in total. The van der Waals surface area contributed by atoms with E-state index in [0.29, 0.717) is 13.2 Å². The Bertz CT molecular complexity index is 949. The Morgan fingerprint density at radius 3 is 2.92 bits per heavy atom. The number of methoxy groups -OCH3 is 1. The molecule has 0 bridgehead atoms. The first-order valence-corrected chi connectivity index (χ1v) is 8.41. The standard InChI is InChI=1S/C20H19N3O3/c1-25-17-8-4-2-6-14(17)10-21-19(24)12-23-20-15(11-22-23)13-26-18-9-5-3-7-16(18)20/h2-9,11H,10,12-13H2,1H3,(H,21,24). The van der Waals surface area contributed by atoms with Crippen LogP contribution < -0.4 is 14.8 Å². The van der Waals surface area contributed by atoms with Crippen molar-refractivity contribution in [2.24, 2.45) is 0 Å². The summed E-state index contributed by atoms with van der Waals surface area (Å²) >= 11 is 0. The van der Waals surface area contributed by atoms with Crippen molar-refractivity contribution < 1.29 is 14.3 Å². The van der Waals surface area contributed by atoms with Gasteiger partial charge in [-0.25, -0.2) is 0 Å². The van der Waals surface area contributed by atoms with E-state index in [0.717, 1.165) is 33.9 Å². The molecule has 0 radical (unpaired) electrons. The first kappa shape index (κ1) is 16.2. The first-order valence-electron chi connectivity index (χ1n) is 8.41. The van der Waals surface area contributed by atoms with E-state index < -0.39 is 0 Å². The number of hydrogen-bond acceptors (Lipinski definition) is 4. The average Bonchev–Trinajstić information content (AvgIpc) is 3.10. The van der Waals surface area contributed by atoms with Gasteiger partial charge in [-0.3, -0.25) is 9.48 Å². The van der Waals surface area contributed by atoms with Gasteiger partial charge >= 0.3 is 0 Å². The predicted molar refractivity (Wildman–Crippen MR) is 96.8 cm³/mol. The number of amides is 1. The van der Waals surface area contributed by atoms with Crippen LogP contribution in [0.15, 0.2) is 54.7 Å². The number of carbonyl (C=O) groups is 1. The molecule has 6 heteroatoms. The van der Waals surface area contributed by atoms with Crippen LogP contribution in [0.3, 0.4) is 0 Å². The van der Waals surface area contributed by atoms with Crippen LogP contribution in [0.1, 0.15) is 11.1 Å². The van der Waals surface area contributed by atoms with E-state index in [1.807, 2.05) is 48.5 Å². The highest BCUT2D eigenvalue weighted by Crippen LogP contribution is 2.36. The van der Waals surface area contributed by atoms with Crippen LogP contribution in [0.2, 0.25) is 0 Å². The van der Waals surface area contributed by atoms with Crippen LogP contribution in [0, 0.1) is 0 Å². The lowest BCUT2D eigenvalue weighted by Crippen LogP contribution is -2.28. The minimum absolute atomic E-state index is 0.106. The highest BCUT2D eigenvalue weighted by atomic mass is 16.5. The molecule has 2 heterocycles. The summed E-state index contributed by atoms with van der Waals surface area (Å²) < 4.78 is 12.8. The largest absolute Gasteiger partial charge is 0.496 e. The van der Waals surface area contributed by atoms with Gasteiger partial charge in [-0.05, 0) is 18.2 Å². The Kier molecular flexibility index (Phi) is 4.31. The third-order valence-electron chi connectivity index (χ3n) is 4.40. The third kappa shape index (κ3) is 3.01. The Morgan fingerprint density at radius 1 is 1.23 bits per heavy atom. The van der Waals surface area contributed by atoms with Gasteiger partial charge in [-0.1, -0.05) is 30.3 Å². The zero-order valence-electron chi connectivity index (χ0n) is 14.4. The van der Waals surface area contributed by atoms with Crippen molar-refractivity contribution in [3.05, 3.63) is 65.9 Å². The van der Waals surface area contributed by atoms with Crippen LogP contribution in [0.25, 0.3) is 11.3 Å². The van der Waals surface area contributed by atoms with Gasteiger partial charge in [0.1, 0.15) is 24.7 Å². The molecule has 0 spiro atoms. The number of nitrogens with one attached hydrogen (secondary N) is 1. The van der Waals surface area contributed by atoms with Crippen molar-refractivity contribution in [3.8, 4) is 22.8 Å². The summed E-state index contributed by atoms with van der Waals surface area (Å²) in [4.78, 5) is 12.4. The van der Waals surface area contributed by atoms with Gasteiger partial charge in [0, 0.05) is 23.2 Å². The summed E-state index contributed by atoms with van der Waals surface area (Å²) in [5.41, 5.74) is 3.83. The van der Waals surface area contributed by atoms with Crippen molar-refractivity contribution >= 4 is 5.91 Å². The molecule has 0 fully saturated rings. The smallest absolute Gasteiger partial charge is 0.242 e. The lowest BCUT2D eigenvalue weighted by Gasteiger charge is -2.19. The SMILES string of the molecule is COc1ccccc1CNC(=O)Cn1ncc2c1-c1ccccc1OC2. The number of para-hydroxylation sites is 2. The number of aromatic nitrogens is 2. The van der Waals surface area contributed by atoms with Crippen LogP contribution >= 0.6 is 0 Å². The van der Waals surface area contributed by atoms with Gasteiger partial charge in [-0.2, -0.15) is 5.10 Å². The van der Waals surface area contributed by atoms with Crippen molar-refractivity contribution in [1.82, 2.24) is 15.1 Å². The van der Waals surface area contributed by atoms with Crippen LogP contribution in [0.4, 0.5) is 0 Å². The zero-order chi connectivity index (χ0) is 17.9. The van der Waals surface area contributed by atoms with Crippen molar-refractivity contribution in [2.45, 2.75) is 19.7 Å². The van der Waals surface area contributed by atoms with E-state index in [1.54, 1.807) is 18.0 Å². The fraction of sp³-hybridized carbons (Fsp3) is 0.200. The Morgan fingerprint density at radius 2 is 2.04 bits per heavy atom. The summed E-state index contributed by atoms with van der Waals surface area (Å²) in [5.74, 6) is 1.47. The maximum absolute atomic E-state index is 12.4. The second-order valence-electron chi connectivity index (χ2n) is 6.05. The van der Waals surface area contributed by atoms with E-state index in [4.69, 9.17) is 9.47 Å². The summed E-state index contributed by atoms with van der Waals surface area (Å²) in [6.45, 7) is 1.03. The number of benzene rings is 2. The molecular weight excluding hydrogens is 330 g/mol. The maximum Gasteiger partial charge on any atom is 0.242 e. The van der Waals surface area contributed by atoms with Crippen molar-refractivity contribution in [2.75, 3.05) is 7.11 Å². The van der Waals surface area contributed by atoms with Crippen molar-refractivity contribution in [1.29, 1.82) is 0 Å². The number of carbonyl (C=O) groups excluding carboxylic acids is 1. The summed E-state index contributed by atoms with van der Waals surface area (Å²) in [6.07, 6.45) is 1.76. The van der Waals surface area contributed by atoms with E-state index in [1.165, 1.54) is 0 Å². The average molecular weight is 349 g/mol. The molecule has 0 atom stereocenters. The van der Waals surface area contributed by atoms with E-state index in [-0.39, 0.29) is 12.5 Å². The van der Waals surface area contributed by atoms with Gasteiger partial charge in [-0.15, -0.1) is 0 Å². The molecular formula is C20H19N3O3. The molecule has 1 aliphatic rings. The minimum Gasteiger partial charge on any atom is -0.496 e. The Labute approximate surface area is 151 Å². The Hall–Kier alpha value is -3.28. The quantitative estimate of drug-likeness (QED) is 0.769. The fourth-order valence-corrected chi connectivity index (χ4v) is 3.14. The highest BCUT2D eigenvalue weighted by molar-refractivity contribution is 5.78. The van der Waals surface area contributed by atoms with Crippen LogP contribution in [-0.2, 0) is 24.5 Å². The molecule has 0 saturated carbocycles. The third-order valence-corrected chi connectivity index (χ3v) is 4.40. The molecule has 3 aromatic rings. The monoisotopic (exact) mass is 349 g/mol. The molecule has 0 aliphatic carbocycles. The molecule has 4 rings (SSSR count). The topological polar surface area (TPSA) is 65.4 Å². The lowest BCUT2D eigenvalue weighted by molar-refractivity contribution is -0.122. The zero-order valence-corrected chi connectivity index (χ0v) is 14.4. The summed E-state index contributed by atoms with van der Waals surface area (Å²) in [7, 11) is 1.62. The maximum atomic E-state index is 12.4. The normalized spacial score (nSPS) is 11.9. The highest BCUT2D eigenvalue weighted by Gasteiger charge is 2.22. The summed E-state index contributed by atoms with van der Waals surface area (Å²) in [6, 6.07) is 15.4. The second-order valence-corrected chi connectivity index (χ2v) is 6.05. The molecule has 132 valence electrons.